The number of aliphatic hydroxyl groups is 1. The Kier molecular flexibility index (Phi) is 23.0. The summed E-state index contributed by atoms with van der Waals surface area (Å²) in [7, 11) is 0. The van der Waals surface area contributed by atoms with Gasteiger partial charge in [-0.1, -0.05) is 12.2 Å². The molecule has 1 aliphatic carbocycles. The molecule has 0 saturated heterocycles. The molecular weight excluding hydrogens is 828 g/mol. The molecule has 1 rings (SSSR count). The van der Waals surface area contributed by atoms with Gasteiger partial charge in [-0.2, -0.15) is 0 Å². The molecule has 49 heavy (non-hydrogen) atoms. The van der Waals surface area contributed by atoms with Crippen LogP contribution >= 0.6 is 22.6 Å². The van der Waals surface area contributed by atoms with Gasteiger partial charge in [0, 0.05) is 13.0 Å². The molecule has 0 aromatic carbocycles. The number of hydrogen-bond donors (Lipinski definition) is 2. The van der Waals surface area contributed by atoms with Gasteiger partial charge in [-0.15, -0.1) is 0 Å². The summed E-state index contributed by atoms with van der Waals surface area (Å²) >= 11 is -0.201. The van der Waals surface area contributed by atoms with Crippen molar-refractivity contribution in [2.24, 2.45) is 23.2 Å². The maximum atomic E-state index is 12.7. The van der Waals surface area contributed by atoms with Gasteiger partial charge in [0.25, 0.3) is 0 Å². The molecule has 280 valence electrons. The number of carbonyl (C=O) groups is 2. The predicted molar refractivity (Wildman–Crippen MR) is 221 cm³/mol. The van der Waals surface area contributed by atoms with Gasteiger partial charge >= 0.3 is 225 Å². The van der Waals surface area contributed by atoms with Gasteiger partial charge in [0.15, 0.2) is 0 Å². The van der Waals surface area contributed by atoms with Crippen molar-refractivity contribution in [2.75, 3.05) is 0 Å². The Labute approximate surface area is 319 Å². The minimum absolute atomic E-state index is 0.174. The summed E-state index contributed by atoms with van der Waals surface area (Å²) in [6.45, 7) is 20.9. The van der Waals surface area contributed by atoms with E-state index in [-0.39, 0.29) is 17.2 Å². The van der Waals surface area contributed by atoms with Crippen LogP contribution in [0.1, 0.15) is 133 Å². The van der Waals surface area contributed by atoms with Crippen molar-refractivity contribution in [3.05, 3.63) is 55.8 Å². The molecule has 2 N–H and O–H groups in total. The molecule has 0 bridgehead atoms. The summed E-state index contributed by atoms with van der Waals surface area (Å²) in [4.78, 5) is 24.5. The van der Waals surface area contributed by atoms with E-state index in [1.54, 1.807) is 6.08 Å². The summed E-state index contributed by atoms with van der Waals surface area (Å²) < 4.78 is 14.3. The van der Waals surface area contributed by atoms with Crippen molar-refractivity contribution in [1.82, 2.24) is 5.32 Å². The van der Waals surface area contributed by atoms with E-state index in [0.717, 1.165) is 3.58 Å². The molecule has 0 spiro atoms. The second kappa shape index (κ2) is 24.4. The topological polar surface area (TPSA) is 75.6 Å². The van der Waals surface area contributed by atoms with E-state index in [4.69, 9.17) is 4.74 Å². The molecule has 0 unspecified atom stereocenters. The predicted octanol–water partition coefficient (Wildman–Crippen LogP) is 11.6. The second-order valence-corrected chi connectivity index (χ2v) is 30.1. The molecule has 0 radical (unpaired) electrons. The molecule has 0 aromatic heterocycles. The molecule has 7 atom stereocenters. The van der Waals surface area contributed by atoms with Gasteiger partial charge in [-0.05, 0) is 40.0 Å². The average molecular weight is 901 g/mol. The van der Waals surface area contributed by atoms with E-state index in [1.807, 2.05) is 33.8 Å². The van der Waals surface area contributed by atoms with Gasteiger partial charge in [0.05, 0.1) is 6.04 Å². The molecule has 0 heterocycles. The monoisotopic (exact) mass is 901 g/mol. The number of nitrogens with one attached hydrogen (secondary N) is 1. The number of rotatable bonds is 22. The summed E-state index contributed by atoms with van der Waals surface area (Å²) in [6, 6.07) is -0.453. The number of amides is 1. The van der Waals surface area contributed by atoms with Gasteiger partial charge in [-0.3, -0.25) is 4.79 Å². The third-order valence-corrected chi connectivity index (χ3v) is 25.1. The first-order chi connectivity index (χ1) is 23.1. The van der Waals surface area contributed by atoms with Gasteiger partial charge in [0.1, 0.15) is 0 Å². The zero-order valence-electron chi connectivity index (χ0n) is 32.8. The van der Waals surface area contributed by atoms with Crippen LogP contribution in [0.4, 0.5) is 0 Å². The number of hydrogen-bond acceptors (Lipinski definition) is 4. The Bertz CT molecular complexity index is 1120. The SMILES string of the molecule is CCC[CH2][Sn](/[CH]=C/[C@]1(C)CCCC[C@@H]1/C=C(C)/C=C/[C@@H](C)[C@@H](O)[C@H](C)[C@H](OC(=O)/C=C/C=C(/C)I)[C@@H](C)NC(C)=O)([CH2]CCC)[CH2]CCC. The first-order valence-corrected chi connectivity index (χ1v) is 28.1. The number of carbonyl (C=O) groups excluding carboxylic acids is 2. The van der Waals surface area contributed by atoms with Crippen molar-refractivity contribution in [3.8, 4) is 0 Å². The second-order valence-electron chi connectivity index (χ2n) is 15.3. The fourth-order valence-electron chi connectivity index (χ4n) is 7.41. The number of ether oxygens (including phenoxy) is 1. The first-order valence-electron chi connectivity index (χ1n) is 19.4. The van der Waals surface area contributed by atoms with Crippen molar-refractivity contribution in [3.63, 3.8) is 0 Å². The third-order valence-electron chi connectivity index (χ3n) is 10.7. The Morgan fingerprint density at radius 2 is 1.57 bits per heavy atom. The molecule has 0 aromatic rings. The zero-order chi connectivity index (χ0) is 37.0. The normalized spacial score (nSPS) is 22.7. The van der Waals surface area contributed by atoms with Crippen LogP contribution in [0.2, 0.25) is 13.3 Å². The number of unbranched alkanes of at least 4 members (excludes halogenated alkanes) is 3. The quantitative estimate of drug-likeness (QED) is 0.0373. The first kappa shape index (κ1) is 46.1. The Balaban J connectivity index is 3.21. The van der Waals surface area contributed by atoms with Crippen LogP contribution in [0.5, 0.6) is 0 Å². The summed E-state index contributed by atoms with van der Waals surface area (Å²) in [6.07, 6.45) is 26.0. The van der Waals surface area contributed by atoms with E-state index in [9.17, 15) is 14.7 Å². The van der Waals surface area contributed by atoms with Crippen LogP contribution in [0.25, 0.3) is 0 Å². The standard InChI is InChI=1S/C30H45INO4.3C4H9.Sn/c1-9-30(8)18-11-10-14-26(30)19-20(2)16-17-21(3)28(35)23(5)29(24(6)32-25(7)33)36-27(34)15-12-13-22(4)31;3*1-3-4-2;/h1,9,12-13,15-17,19,21,23-24,26,28-29,35H,10-11,14,18H2,2-8H3,(H,32,33);3*1,3-4H2,2H3;/b9-1?,15-12+,17-16+,20-19+,22-13-;;;;/t21-,23+,24-,26-,28-,29+,30-;;;;/m1..../s1. The molecule has 1 aliphatic rings. The van der Waals surface area contributed by atoms with Gasteiger partial charge < -0.3 is 10.1 Å². The number of halogens is 1. The molecule has 7 heteroatoms. The van der Waals surface area contributed by atoms with Crippen LogP contribution in [0.3, 0.4) is 0 Å². The van der Waals surface area contributed by atoms with Crippen LogP contribution in [0, 0.1) is 23.2 Å². The van der Waals surface area contributed by atoms with Crippen molar-refractivity contribution < 1.29 is 19.4 Å². The van der Waals surface area contributed by atoms with E-state index in [0.29, 0.717) is 5.92 Å². The summed E-state index contributed by atoms with van der Waals surface area (Å²) in [5.41, 5.74) is 1.42. The molecule has 0 aliphatic heterocycles. The summed E-state index contributed by atoms with van der Waals surface area (Å²) in [5, 5.41) is 14.3. The maximum absolute atomic E-state index is 12.7. The molecular formula is C42H72INO4Sn. The van der Waals surface area contributed by atoms with Gasteiger partial charge in [-0.25, -0.2) is 4.79 Å². The number of esters is 1. The van der Waals surface area contributed by atoms with E-state index in [2.05, 4.69) is 90.9 Å². The molecule has 5 nitrogen and oxygen atoms in total. The van der Waals surface area contributed by atoms with Crippen molar-refractivity contribution in [1.29, 1.82) is 0 Å². The number of allylic oxidation sites excluding steroid dienone is 7. The van der Waals surface area contributed by atoms with Crippen molar-refractivity contribution in [2.45, 2.75) is 165 Å². The van der Waals surface area contributed by atoms with Crippen LogP contribution in [-0.4, -0.2) is 53.6 Å². The third kappa shape index (κ3) is 17.5. The minimum atomic E-state index is -2.38. The van der Waals surface area contributed by atoms with Crippen LogP contribution in [0.15, 0.2) is 55.8 Å². The van der Waals surface area contributed by atoms with E-state index in [1.165, 1.54) is 96.1 Å². The van der Waals surface area contributed by atoms with Crippen molar-refractivity contribution >= 4 is 52.8 Å². The van der Waals surface area contributed by atoms with E-state index < -0.39 is 48.5 Å². The zero-order valence-corrected chi connectivity index (χ0v) is 37.8. The Morgan fingerprint density at radius 3 is 2.10 bits per heavy atom. The average Bonchev–Trinajstić information content (AvgIpc) is 3.05. The Morgan fingerprint density at radius 1 is 0.980 bits per heavy atom. The Hall–Kier alpha value is -0.871. The fraction of sp³-hybridized carbons (Fsp3) is 0.714. The van der Waals surface area contributed by atoms with Crippen LogP contribution in [-0.2, 0) is 14.3 Å². The van der Waals surface area contributed by atoms with E-state index >= 15 is 0 Å². The number of aliphatic hydroxyl groups excluding tert-OH is 1. The molecule has 1 amide bonds. The van der Waals surface area contributed by atoms with Gasteiger partial charge in [0.2, 0.25) is 5.91 Å². The fourth-order valence-corrected chi connectivity index (χ4v) is 22.3. The summed E-state index contributed by atoms with van der Waals surface area (Å²) in [5.74, 6) is -0.771. The van der Waals surface area contributed by atoms with Crippen LogP contribution < -0.4 is 5.32 Å². The molecule has 1 saturated carbocycles. The molecule has 1 fully saturated rings.